The van der Waals surface area contributed by atoms with Crippen LogP contribution in [0.5, 0.6) is 5.75 Å². The maximum Gasteiger partial charge on any atom is 0.264 e. The molecule has 0 saturated carbocycles. The van der Waals surface area contributed by atoms with E-state index in [9.17, 15) is 17.6 Å². The zero-order valence-corrected chi connectivity index (χ0v) is 22.5. The van der Waals surface area contributed by atoms with Gasteiger partial charge in [0.1, 0.15) is 24.7 Å². The van der Waals surface area contributed by atoms with Crippen molar-refractivity contribution < 1.29 is 22.3 Å². The molecule has 4 aromatic carbocycles. The van der Waals surface area contributed by atoms with Crippen LogP contribution in [0.1, 0.15) is 16.7 Å². The van der Waals surface area contributed by atoms with Crippen molar-refractivity contribution in [3.63, 3.8) is 0 Å². The fraction of sp³-hybridized carbons (Fsp3) is 0.103. The Morgan fingerprint density at radius 2 is 1.64 bits per heavy atom. The second-order valence-electron chi connectivity index (χ2n) is 8.55. The smallest absolute Gasteiger partial charge is 0.264 e. The van der Waals surface area contributed by atoms with E-state index < -0.39 is 28.3 Å². The largest absolute Gasteiger partial charge is 0.489 e. The number of hydrogen-bond acceptors (Lipinski definition) is 5. The normalized spacial score (nSPS) is 11.4. The molecule has 0 saturated heterocycles. The van der Waals surface area contributed by atoms with Crippen LogP contribution in [0.15, 0.2) is 107 Å². The fourth-order valence-corrected chi connectivity index (χ4v) is 5.09. The number of anilines is 1. The number of sulfonamides is 1. The van der Waals surface area contributed by atoms with E-state index in [1.54, 1.807) is 48.5 Å². The predicted molar refractivity (Wildman–Crippen MR) is 150 cm³/mol. The minimum absolute atomic E-state index is 0.0639. The Labute approximate surface area is 231 Å². The molecule has 10 heteroatoms. The van der Waals surface area contributed by atoms with Crippen molar-refractivity contribution >= 4 is 39.4 Å². The van der Waals surface area contributed by atoms with Gasteiger partial charge in [0.05, 0.1) is 16.8 Å². The van der Waals surface area contributed by atoms with E-state index in [0.29, 0.717) is 22.9 Å². The third kappa shape index (κ3) is 7.43. The number of nitrogens with one attached hydrogen (secondary N) is 1. The molecule has 200 valence electrons. The number of rotatable bonds is 10. The Morgan fingerprint density at radius 1 is 0.974 bits per heavy atom. The molecule has 0 spiro atoms. The molecule has 39 heavy (non-hydrogen) atoms. The van der Waals surface area contributed by atoms with Crippen molar-refractivity contribution in [1.29, 1.82) is 0 Å². The molecular formula is C29H25ClFN3O4S. The third-order valence-electron chi connectivity index (χ3n) is 5.62. The Kier molecular flexibility index (Phi) is 8.96. The summed E-state index contributed by atoms with van der Waals surface area (Å²) in [6.07, 6.45) is 1.41. The average Bonchev–Trinajstić information content (AvgIpc) is 2.93. The highest BCUT2D eigenvalue weighted by molar-refractivity contribution is 7.92. The van der Waals surface area contributed by atoms with Gasteiger partial charge in [-0.2, -0.15) is 5.10 Å². The number of amides is 1. The lowest BCUT2D eigenvalue weighted by atomic mass is 10.2. The van der Waals surface area contributed by atoms with Gasteiger partial charge in [0.2, 0.25) is 0 Å². The first-order valence-corrected chi connectivity index (χ1v) is 13.7. The highest BCUT2D eigenvalue weighted by Crippen LogP contribution is 2.26. The van der Waals surface area contributed by atoms with Gasteiger partial charge in [-0.1, -0.05) is 53.6 Å². The maximum absolute atomic E-state index is 14.6. The van der Waals surface area contributed by atoms with E-state index >= 15 is 0 Å². The van der Waals surface area contributed by atoms with Crippen LogP contribution >= 0.6 is 11.6 Å². The molecule has 0 fully saturated rings. The van der Waals surface area contributed by atoms with Crippen LogP contribution in [0.3, 0.4) is 0 Å². The van der Waals surface area contributed by atoms with E-state index in [1.165, 1.54) is 36.5 Å². The zero-order valence-electron chi connectivity index (χ0n) is 20.9. The van der Waals surface area contributed by atoms with Crippen LogP contribution < -0.4 is 14.5 Å². The lowest BCUT2D eigenvalue weighted by Crippen LogP contribution is -2.40. The van der Waals surface area contributed by atoms with Gasteiger partial charge in [-0.3, -0.25) is 9.10 Å². The number of para-hydroxylation sites is 1. The predicted octanol–water partition coefficient (Wildman–Crippen LogP) is 5.71. The fourth-order valence-electron chi connectivity index (χ4n) is 3.53. The number of benzene rings is 4. The highest BCUT2D eigenvalue weighted by Gasteiger charge is 2.29. The summed E-state index contributed by atoms with van der Waals surface area (Å²) in [5.41, 5.74) is 4.57. The number of hydrogen-bond donors (Lipinski definition) is 1. The SMILES string of the molecule is Cc1ccc(S(=O)(=O)N(CC(=O)N/N=C/c2ccc(OCc3ccc(Cl)cc3)cc2)c2ccccc2F)cc1. The number of aryl methyl sites for hydroxylation is 1. The molecule has 4 rings (SSSR count). The van der Waals surface area contributed by atoms with Crippen molar-refractivity contribution in [2.45, 2.75) is 18.4 Å². The monoisotopic (exact) mass is 565 g/mol. The van der Waals surface area contributed by atoms with Gasteiger partial charge < -0.3 is 4.74 Å². The molecule has 4 aromatic rings. The molecule has 0 atom stereocenters. The summed E-state index contributed by atoms with van der Waals surface area (Å²) in [7, 11) is -4.24. The molecule has 0 heterocycles. The van der Waals surface area contributed by atoms with Gasteiger partial charge in [-0.15, -0.1) is 0 Å². The molecule has 1 amide bonds. The Bertz CT molecular complexity index is 1560. The Balaban J connectivity index is 1.41. The van der Waals surface area contributed by atoms with Crippen LogP contribution in [0, 0.1) is 12.7 Å². The summed E-state index contributed by atoms with van der Waals surface area (Å²) in [5, 5.41) is 4.57. The van der Waals surface area contributed by atoms with Gasteiger partial charge in [0.25, 0.3) is 15.9 Å². The molecule has 0 aliphatic heterocycles. The molecule has 0 radical (unpaired) electrons. The average molecular weight is 566 g/mol. The van der Waals surface area contributed by atoms with E-state index in [2.05, 4.69) is 10.5 Å². The van der Waals surface area contributed by atoms with Crippen LogP contribution in [-0.2, 0) is 21.4 Å². The summed E-state index contributed by atoms with van der Waals surface area (Å²) < 4.78 is 47.7. The zero-order chi connectivity index (χ0) is 27.8. The standard InChI is InChI=1S/C29H25ClFN3O4S/c1-21-6-16-26(17-7-21)39(36,37)34(28-5-3-2-4-27(28)31)19-29(35)33-32-18-22-10-14-25(15-11-22)38-20-23-8-12-24(30)13-9-23/h2-18H,19-20H2,1H3,(H,33,35)/b32-18+. The number of nitrogens with zero attached hydrogens (tertiary/aromatic N) is 2. The van der Waals surface area contributed by atoms with Crippen LogP contribution in [0.25, 0.3) is 0 Å². The van der Waals surface area contributed by atoms with Crippen LogP contribution in [-0.4, -0.2) is 27.1 Å². The van der Waals surface area contributed by atoms with Crippen molar-refractivity contribution in [2.24, 2.45) is 5.10 Å². The van der Waals surface area contributed by atoms with Crippen molar-refractivity contribution in [3.05, 3.63) is 125 Å². The first kappa shape index (κ1) is 27.8. The first-order valence-electron chi connectivity index (χ1n) is 11.9. The van der Waals surface area contributed by atoms with Crippen LogP contribution in [0.4, 0.5) is 10.1 Å². The topological polar surface area (TPSA) is 88.1 Å². The van der Waals surface area contributed by atoms with Gasteiger partial charge in [-0.05, 0) is 78.7 Å². The number of carbonyl (C=O) groups is 1. The second-order valence-corrected chi connectivity index (χ2v) is 10.9. The molecule has 0 aliphatic rings. The van der Waals surface area contributed by atoms with Gasteiger partial charge in [0, 0.05) is 5.02 Å². The van der Waals surface area contributed by atoms with Crippen molar-refractivity contribution in [3.8, 4) is 5.75 Å². The summed E-state index contributed by atoms with van der Waals surface area (Å²) in [6.45, 7) is 1.52. The summed E-state index contributed by atoms with van der Waals surface area (Å²) >= 11 is 5.89. The van der Waals surface area contributed by atoms with E-state index in [1.807, 2.05) is 19.1 Å². The summed E-state index contributed by atoms with van der Waals surface area (Å²) in [6, 6.07) is 25.8. The van der Waals surface area contributed by atoms with E-state index in [4.69, 9.17) is 16.3 Å². The van der Waals surface area contributed by atoms with Gasteiger partial charge in [-0.25, -0.2) is 18.2 Å². The van der Waals surface area contributed by atoms with Gasteiger partial charge >= 0.3 is 0 Å². The highest BCUT2D eigenvalue weighted by atomic mass is 35.5. The maximum atomic E-state index is 14.6. The Morgan fingerprint density at radius 3 is 2.31 bits per heavy atom. The van der Waals surface area contributed by atoms with E-state index in [0.717, 1.165) is 21.5 Å². The number of ether oxygens (including phenoxy) is 1. The van der Waals surface area contributed by atoms with Crippen molar-refractivity contribution in [2.75, 3.05) is 10.8 Å². The number of halogens is 2. The lowest BCUT2D eigenvalue weighted by molar-refractivity contribution is -0.119. The first-order chi connectivity index (χ1) is 18.7. The molecule has 0 aromatic heterocycles. The Hall–Kier alpha value is -4.21. The minimum atomic E-state index is -4.24. The van der Waals surface area contributed by atoms with Gasteiger partial charge in [0.15, 0.2) is 0 Å². The quantitative estimate of drug-likeness (QED) is 0.197. The molecule has 0 unspecified atom stereocenters. The summed E-state index contributed by atoms with van der Waals surface area (Å²) in [5.74, 6) is -0.871. The second kappa shape index (κ2) is 12.6. The molecule has 0 bridgehead atoms. The summed E-state index contributed by atoms with van der Waals surface area (Å²) in [4.78, 5) is 12.6. The van der Waals surface area contributed by atoms with Crippen molar-refractivity contribution in [1.82, 2.24) is 5.43 Å². The minimum Gasteiger partial charge on any atom is -0.489 e. The number of hydrazone groups is 1. The number of carbonyl (C=O) groups excluding carboxylic acids is 1. The molecule has 7 nitrogen and oxygen atoms in total. The van der Waals surface area contributed by atoms with E-state index in [-0.39, 0.29) is 10.6 Å². The molecule has 1 N–H and O–H groups in total. The third-order valence-corrected chi connectivity index (χ3v) is 7.65. The molecule has 0 aliphatic carbocycles. The lowest BCUT2D eigenvalue weighted by Gasteiger charge is -2.24. The van der Waals surface area contributed by atoms with Crippen LogP contribution in [0.2, 0.25) is 5.02 Å². The molecular weight excluding hydrogens is 541 g/mol.